The third-order valence-corrected chi connectivity index (χ3v) is 3.77. The Morgan fingerprint density at radius 3 is 2.79 bits per heavy atom. The first kappa shape index (κ1) is 11.6. The molecule has 0 amide bonds. The lowest BCUT2D eigenvalue weighted by Crippen LogP contribution is -2.27. The van der Waals surface area contributed by atoms with Gasteiger partial charge >= 0.3 is 0 Å². The summed E-state index contributed by atoms with van der Waals surface area (Å²) in [6.45, 7) is 4.48. The Balaban J connectivity index is 2.55. The molecule has 2 atom stereocenters. The molecule has 80 valence electrons. The molecule has 0 saturated heterocycles. The Labute approximate surface area is 88.5 Å². The molecule has 0 spiro atoms. The Hall–Kier alpha value is -0.510. The van der Waals surface area contributed by atoms with Gasteiger partial charge in [-0.15, -0.1) is 0 Å². The van der Waals surface area contributed by atoms with Gasteiger partial charge in [0.15, 0.2) is 0 Å². The van der Waals surface area contributed by atoms with E-state index >= 15 is 0 Å². The second-order valence-corrected chi connectivity index (χ2v) is 4.87. The molecule has 1 nitrogen and oxygen atoms in total. The third-order valence-electron chi connectivity index (χ3n) is 3.77. The van der Waals surface area contributed by atoms with Gasteiger partial charge in [0.2, 0.25) is 0 Å². The number of nitrogens with zero attached hydrogens (tertiary/aromatic N) is 1. The molecule has 14 heavy (non-hydrogen) atoms. The van der Waals surface area contributed by atoms with E-state index in [1.807, 2.05) is 0 Å². The van der Waals surface area contributed by atoms with Crippen molar-refractivity contribution in [2.75, 3.05) is 0 Å². The normalized spacial score (nSPS) is 32.5. The van der Waals surface area contributed by atoms with Crippen molar-refractivity contribution in [3.63, 3.8) is 0 Å². The molecule has 0 aromatic rings. The molecular weight excluding hydrogens is 170 g/mol. The zero-order valence-electron chi connectivity index (χ0n) is 9.68. The minimum atomic E-state index is 0.0505. The highest BCUT2D eigenvalue weighted by Crippen LogP contribution is 2.43. The smallest absolute Gasteiger partial charge is 0.0689 e. The lowest BCUT2D eigenvalue weighted by Gasteiger charge is -2.35. The van der Waals surface area contributed by atoms with Crippen LogP contribution in [0.4, 0.5) is 0 Å². The number of unbranched alkanes of at least 4 members (excludes halogenated alkanes) is 1. The van der Waals surface area contributed by atoms with E-state index in [4.69, 9.17) is 0 Å². The molecule has 0 heterocycles. The summed E-state index contributed by atoms with van der Waals surface area (Å²) in [6.07, 6.45) is 9.79. The Bertz CT molecular complexity index is 204. The zero-order chi connectivity index (χ0) is 10.4. The molecule has 2 unspecified atom stereocenters. The van der Waals surface area contributed by atoms with Gasteiger partial charge in [0.1, 0.15) is 0 Å². The van der Waals surface area contributed by atoms with Crippen LogP contribution in [0.5, 0.6) is 0 Å². The van der Waals surface area contributed by atoms with Crippen LogP contribution in [0.2, 0.25) is 0 Å². The van der Waals surface area contributed by atoms with Gasteiger partial charge in [-0.2, -0.15) is 5.26 Å². The van der Waals surface area contributed by atoms with Crippen LogP contribution in [-0.2, 0) is 0 Å². The van der Waals surface area contributed by atoms with Crippen LogP contribution in [0.1, 0.15) is 65.2 Å². The second-order valence-electron chi connectivity index (χ2n) is 4.87. The summed E-state index contributed by atoms with van der Waals surface area (Å²) >= 11 is 0. The summed E-state index contributed by atoms with van der Waals surface area (Å²) in [7, 11) is 0. The fraction of sp³-hybridized carbons (Fsp3) is 0.923. The highest BCUT2D eigenvalue weighted by Gasteiger charge is 2.35. The molecule has 1 rings (SSSR count). The number of hydrogen-bond acceptors (Lipinski definition) is 1. The van der Waals surface area contributed by atoms with Crippen LogP contribution < -0.4 is 0 Å². The van der Waals surface area contributed by atoms with E-state index in [1.54, 1.807) is 0 Å². The molecule has 1 aliphatic carbocycles. The van der Waals surface area contributed by atoms with Gasteiger partial charge in [0.05, 0.1) is 11.5 Å². The summed E-state index contributed by atoms with van der Waals surface area (Å²) in [6, 6.07) is 2.62. The van der Waals surface area contributed by atoms with E-state index in [0.29, 0.717) is 0 Å². The molecule has 1 fully saturated rings. The maximum atomic E-state index is 9.33. The predicted molar refractivity (Wildman–Crippen MR) is 59.8 cm³/mol. The lowest BCUT2D eigenvalue weighted by molar-refractivity contribution is 0.179. The minimum Gasteiger partial charge on any atom is -0.198 e. The SMILES string of the molecule is CCCCC1(C#N)CCCC(CC)C1. The summed E-state index contributed by atoms with van der Waals surface area (Å²) in [5.41, 5.74) is 0.0505. The summed E-state index contributed by atoms with van der Waals surface area (Å²) in [5, 5.41) is 9.33. The Morgan fingerprint density at radius 2 is 2.21 bits per heavy atom. The van der Waals surface area contributed by atoms with Crippen molar-refractivity contribution in [3.05, 3.63) is 0 Å². The molecule has 1 aliphatic rings. The average molecular weight is 193 g/mol. The average Bonchev–Trinajstić information content (AvgIpc) is 2.26. The van der Waals surface area contributed by atoms with Crippen molar-refractivity contribution in [2.24, 2.45) is 11.3 Å². The molecule has 0 aliphatic heterocycles. The van der Waals surface area contributed by atoms with Gasteiger partial charge in [-0.3, -0.25) is 0 Å². The highest BCUT2D eigenvalue weighted by molar-refractivity contribution is 5.01. The Morgan fingerprint density at radius 1 is 1.43 bits per heavy atom. The first-order valence-electron chi connectivity index (χ1n) is 6.17. The number of nitriles is 1. The van der Waals surface area contributed by atoms with E-state index in [0.717, 1.165) is 18.8 Å². The molecule has 0 aromatic carbocycles. The van der Waals surface area contributed by atoms with E-state index in [2.05, 4.69) is 19.9 Å². The van der Waals surface area contributed by atoms with Gasteiger partial charge in [0.25, 0.3) is 0 Å². The first-order valence-corrected chi connectivity index (χ1v) is 6.17. The second kappa shape index (κ2) is 5.39. The van der Waals surface area contributed by atoms with Gasteiger partial charge < -0.3 is 0 Å². The maximum Gasteiger partial charge on any atom is 0.0689 e. The Kier molecular flexibility index (Phi) is 4.45. The van der Waals surface area contributed by atoms with Gasteiger partial charge in [-0.05, 0) is 25.2 Å². The van der Waals surface area contributed by atoms with E-state index < -0.39 is 0 Å². The quantitative estimate of drug-likeness (QED) is 0.653. The van der Waals surface area contributed by atoms with E-state index in [1.165, 1.54) is 38.5 Å². The molecular formula is C13H23N. The van der Waals surface area contributed by atoms with Crippen LogP contribution in [0.3, 0.4) is 0 Å². The molecule has 0 bridgehead atoms. The van der Waals surface area contributed by atoms with E-state index in [9.17, 15) is 5.26 Å². The molecule has 0 N–H and O–H groups in total. The molecule has 0 aromatic heterocycles. The van der Waals surface area contributed by atoms with E-state index in [-0.39, 0.29) is 5.41 Å². The third kappa shape index (κ3) is 2.74. The fourth-order valence-electron chi connectivity index (χ4n) is 2.73. The van der Waals surface area contributed by atoms with Crippen LogP contribution >= 0.6 is 0 Å². The van der Waals surface area contributed by atoms with Crippen molar-refractivity contribution in [3.8, 4) is 6.07 Å². The van der Waals surface area contributed by atoms with Crippen molar-refractivity contribution in [1.82, 2.24) is 0 Å². The molecule has 0 radical (unpaired) electrons. The van der Waals surface area contributed by atoms with Crippen LogP contribution in [0.25, 0.3) is 0 Å². The standard InChI is InChI=1S/C13H23N/c1-3-5-8-13(11-14)9-6-7-12(4-2)10-13/h12H,3-10H2,1-2H3. The van der Waals surface area contributed by atoms with Crippen LogP contribution in [0.15, 0.2) is 0 Å². The summed E-state index contributed by atoms with van der Waals surface area (Å²) in [4.78, 5) is 0. The topological polar surface area (TPSA) is 23.8 Å². The minimum absolute atomic E-state index is 0.0505. The highest BCUT2D eigenvalue weighted by atomic mass is 14.4. The predicted octanol–water partition coefficient (Wildman–Crippen LogP) is 4.29. The van der Waals surface area contributed by atoms with Gasteiger partial charge in [-0.25, -0.2) is 0 Å². The van der Waals surface area contributed by atoms with Crippen molar-refractivity contribution in [2.45, 2.75) is 65.2 Å². The summed E-state index contributed by atoms with van der Waals surface area (Å²) < 4.78 is 0. The maximum absolute atomic E-state index is 9.33. The number of hydrogen-bond donors (Lipinski definition) is 0. The first-order chi connectivity index (χ1) is 6.76. The number of rotatable bonds is 4. The largest absolute Gasteiger partial charge is 0.198 e. The molecule has 1 heteroatoms. The van der Waals surface area contributed by atoms with Crippen molar-refractivity contribution >= 4 is 0 Å². The zero-order valence-corrected chi connectivity index (χ0v) is 9.68. The van der Waals surface area contributed by atoms with Crippen LogP contribution in [0, 0.1) is 22.7 Å². The van der Waals surface area contributed by atoms with Gasteiger partial charge in [-0.1, -0.05) is 46.0 Å². The summed E-state index contributed by atoms with van der Waals surface area (Å²) in [5.74, 6) is 0.820. The fourth-order valence-corrected chi connectivity index (χ4v) is 2.73. The lowest BCUT2D eigenvalue weighted by atomic mass is 9.67. The monoisotopic (exact) mass is 193 g/mol. The molecule has 1 saturated carbocycles. The van der Waals surface area contributed by atoms with Crippen molar-refractivity contribution in [1.29, 1.82) is 5.26 Å². The van der Waals surface area contributed by atoms with Crippen molar-refractivity contribution < 1.29 is 0 Å². The van der Waals surface area contributed by atoms with Crippen LogP contribution in [-0.4, -0.2) is 0 Å². The van der Waals surface area contributed by atoms with Gasteiger partial charge in [0, 0.05) is 0 Å².